The number of esters is 1. The van der Waals surface area contributed by atoms with Crippen LogP contribution in [0, 0.1) is 16.0 Å². The van der Waals surface area contributed by atoms with Crippen LogP contribution in [0.3, 0.4) is 0 Å². The molecule has 0 amide bonds. The van der Waals surface area contributed by atoms with Crippen molar-refractivity contribution in [3.05, 3.63) is 76.4 Å². The third-order valence-corrected chi connectivity index (χ3v) is 3.96. The van der Waals surface area contributed by atoms with E-state index >= 15 is 0 Å². The highest BCUT2D eigenvalue weighted by atomic mass is 16.6. The number of rotatable bonds is 4. The molecule has 1 aromatic carbocycles. The van der Waals surface area contributed by atoms with Crippen molar-refractivity contribution in [2.24, 2.45) is 5.92 Å². The Hall–Kier alpha value is -2.69. The number of carbonyl (C=O) groups is 1. The van der Waals surface area contributed by atoms with Crippen molar-refractivity contribution in [3.8, 4) is 0 Å². The fourth-order valence-corrected chi connectivity index (χ4v) is 2.52. The summed E-state index contributed by atoms with van der Waals surface area (Å²) in [6, 6.07) is 5.46. The Morgan fingerprint density at radius 1 is 1.04 bits per heavy atom. The van der Waals surface area contributed by atoms with Crippen LogP contribution in [0.25, 0.3) is 0 Å². The molecule has 0 N–H and O–H groups in total. The van der Waals surface area contributed by atoms with Crippen LogP contribution in [0.5, 0.6) is 0 Å². The van der Waals surface area contributed by atoms with Crippen LogP contribution in [0.15, 0.2) is 60.7 Å². The van der Waals surface area contributed by atoms with E-state index in [0.717, 1.165) is 32.1 Å². The minimum absolute atomic E-state index is 0.0429. The number of nitro groups is 1. The van der Waals surface area contributed by atoms with Crippen molar-refractivity contribution >= 4 is 11.7 Å². The first-order chi connectivity index (χ1) is 12.2. The van der Waals surface area contributed by atoms with Crippen molar-refractivity contribution in [2.75, 3.05) is 6.61 Å². The van der Waals surface area contributed by atoms with E-state index in [-0.39, 0.29) is 11.6 Å². The van der Waals surface area contributed by atoms with Gasteiger partial charge >= 0.3 is 5.97 Å². The lowest BCUT2D eigenvalue weighted by atomic mass is 10.0. The zero-order chi connectivity index (χ0) is 17.9. The molecule has 0 bridgehead atoms. The summed E-state index contributed by atoms with van der Waals surface area (Å²) in [6.07, 6.45) is 17.8. The van der Waals surface area contributed by atoms with E-state index in [0.29, 0.717) is 12.2 Å². The predicted molar refractivity (Wildman–Crippen MR) is 97.4 cm³/mol. The smallest absolute Gasteiger partial charge is 0.338 e. The Kier molecular flexibility index (Phi) is 7.63. The third-order valence-electron chi connectivity index (χ3n) is 3.96. The lowest BCUT2D eigenvalue weighted by molar-refractivity contribution is -0.384. The fraction of sp³-hybridized carbons (Fsp3) is 0.350. The number of benzene rings is 1. The monoisotopic (exact) mass is 341 g/mol. The summed E-state index contributed by atoms with van der Waals surface area (Å²) in [5, 5.41) is 10.6. The van der Waals surface area contributed by atoms with E-state index in [1.165, 1.54) is 24.3 Å². The average Bonchev–Trinajstić information content (AvgIpc) is 2.61. The number of nitro benzene ring substituents is 1. The van der Waals surface area contributed by atoms with E-state index in [2.05, 4.69) is 36.5 Å². The van der Waals surface area contributed by atoms with Gasteiger partial charge in [-0.05, 0) is 44.2 Å². The van der Waals surface area contributed by atoms with Gasteiger partial charge in [0.2, 0.25) is 0 Å². The zero-order valence-electron chi connectivity index (χ0n) is 14.2. The standard InChI is InChI=1S/C20H23NO4/c22-20(18-12-14-19(15-13-18)21(23)24)25-16-17-10-8-6-4-2-1-3-5-7-9-11-17/h2,4-5,7-8,10,12-15,17H,1,3,6,9,11,16H2. The molecule has 0 aliphatic heterocycles. The summed E-state index contributed by atoms with van der Waals surface area (Å²) >= 11 is 0. The van der Waals surface area contributed by atoms with Crippen LogP contribution < -0.4 is 0 Å². The number of allylic oxidation sites excluding steroid dienone is 5. The summed E-state index contributed by atoms with van der Waals surface area (Å²) in [5.74, 6) is -0.288. The molecule has 0 saturated carbocycles. The SMILES string of the molecule is O=C(OCC1C=CCC=CCCC=CCC1)c1ccc([N+](=O)[O-])cc1. The van der Waals surface area contributed by atoms with E-state index in [9.17, 15) is 14.9 Å². The molecule has 0 aromatic heterocycles. The lowest BCUT2D eigenvalue weighted by Crippen LogP contribution is -2.13. The van der Waals surface area contributed by atoms with Gasteiger partial charge in [0.05, 0.1) is 17.1 Å². The molecular formula is C20H23NO4. The van der Waals surface area contributed by atoms with E-state index in [1.54, 1.807) is 0 Å². The van der Waals surface area contributed by atoms with Crippen molar-refractivity contribution in [1.29, 1.82) is 0 Å². The Morgan fingerprint density at radius 2 is 1.72 bits per heavy atom. The van der Waals surface area contributed by atoms with E-state index in [4.69, 9.17) is 4.74 Å². The van der Waals surface area contributed by atoms with Crippen LogP contribution in [-0.2, 0) is 4.74 Å². The van der Waals surface area contributed by atoms with Gasteiger partial charge < -0.3 is 4.74 Å². The Balaban J connectivity index is 1.91. The highest BCUT2D eigenvalue weighted by molar-refractivity contribution is 5.89. The molecule has 1 aliphatic rings. The van der Waals surface area contributed by atoms with Crippen molar-refractivity contribution in [1.82, 2.24) is 0 Å². The first-order valence-electron chi connectivity index (χ1n) is 8.55. The van der Waals surface area contributed by atoms with Crippen molar-refractivity contribution in [3.63, 3.8) is 0 Å². The number of non-ortho nitro benzene ring substituents is 1. The topological polar surface area (TPSA) is 69.4 Å². The number of hydrogen-bond acceptors (Lipinski definition) is 4. The minimum atomic E-state index is -0.493. The molecule has 132 valence electrons. The molecule has 1 atom stereocenters. The average molecular weight is 341 g/mol. The van der Waals surface area contributed by atoms with Gasteiger partial charge in [-0.25, -0.2) is 4.79 Å². The minimum Gasteiger partial charge on any atom is -0.461 e. The van der Waals surface area contributed by atoms with Gasteiger partial charge in [-0.1, -0.05) is 36.5 Å². The first-order valence-corrected chi connectivity index (χ1v) is 8.55. The Bertz CT molecular complexity index is 659. The largest absolute Gasteiger partial charge is 0.461 e. The van der Waals surface area contributed by atoms with Gasteiger partial charge in [-0.2, -0.15) is 0 Å². The molecule has 1 unspecified atom stereocenters. The molecule has 1 aromatic rings. The molecule has 0 radical (unpaired) electrons. The zero-order valence-corrected chi connectivity index (χ0v) is 14.2. The maximum atomic E-state index is 12.1. The highest BCUT2D eigenvalue weighted by Crippen LogP contribution is 2.15. The normalized spacial score (nSPS) is 18.2. The number of nitrogens with zero attached hydrogens (tertiary/aromatic N) is 1. The number of carbonyl (C=O) groups excluding carboxylic acids is 1. The molecule has 5 nitrogen and oxygen atoms in total. The van der Waals surface area contributed by atoms with Crippen LogP contribution in [0.2, 0.25) is 0 Å². The van der Waals surface area contributed by atoms with Gasteiger partial charge in [0.15, 0.2) is 0 Å². The maximum Gasteiger partial charge on any atom is 0.338 e. The molecule has 5 heteroatoms. The second-order valence-electron chi connectivity index (χ2n) is 5.92. The van der Waals surface area contributed by atoms with Gasteiger partial charge in [-0.3, -0.25) is 10.1 Å². The third kappa shape index (κ3) is 6.75. The van der Waals surface area contributed by atoms with Gasteiger partial charge in [0.1, 0.15) is 0 Å². The maximum absolute atomic E-state index is 12.1. The summed E-state index contributed by atoms with van der Waals surface area (Å²) in [6.45, 7) is 0.309. The van der Waals surface area contributed by atoms with Crippen molar-refractivity contribution in [2.45, 2.75) is 32.1 Å². The molecular weight excluding hydrogens is 318 g/mol. The van der Waals surface area contributed by atoms with Crippen molar-refractivity contribution < 1.29 is 14.5 Å². The van der Waals surface area contributed by atoms with Crippen LogP contribution in [0.4, 0.5) is 5.69 Å². The fourth-order valence-electron chi connectivity index (χ4n) is 2.52. The summed E-state index contributed by atoms with van der Waals surface area (Å²) in [5.41, 5.74) is 0.282. The molecule has 0 heterocycles. The van der Waals surface area contributed by atoms with Gasteiger partial charge in [0.25, 0.3) is 5.69 Å². The lowest BCUT2D eigenvalue weighted by Gasteiger charge is -2.13. The predicted octanol–water partition coefficient (Wildman–Crippen LogP) is 5.00. The second kappa shape index (κ2) is 10.2. The first kappa shape index (κ1) is 18.6. The molecule has 0 spiro atoms. The van der Waals surface area contributed by atoms with E-state index in [1.807, 2.05) is 0 Å². The Labute approximate surface area is 147 Å². The van der Waals surface area contributed by atoms with E-state index < -0.39 is 10.9 Å². The summed E-state index contributed by atoms with van der Waals surface area (Å²) < 4.78 is 5.39. The Morgan fingerprint density at radius 3 is 2.44 bits per heavy atom. The molecule has 25 heavy (non-hydrogen) atoms. The molecule has 1 aliphatic carbocycles. The number of ether oxygens (including phenoxy) is 1. The molecule has 2 rings (SSSR count). The summed E-state index contributed by atoms with van der Waals surface area (Å²) in [7, 11) is 0. The molecule has 0 fully saturated rings. The van der Waals surface area contributed by atoms with Gasteiger partial charge in [0, 0.05) is 18.1 Å². The van der Waals surface area contributed by atoms with Crippen LogP contribution >= 0.6 is 0 Å². The van der Waals surface area contributed by atoms with Crippen LogP contribution in [-0.4, -0.2) is 17.5 Å². The highest BCUT2D eigenvalue weighted by Gasteiger charge is 2.13. The summed E-state index contributed by atoms with van der Waals surface area (Å²) in [4.78, 5) is 22.3. The second-order valence-corrected chi connectivity index (χ2v) is 5.92. The van der Waals surface area contributed by atoms with Crippen LogP contribution in [0.1, 0.15) is 42.5 Å². The number of hydrogen-bond donors (Lipinski definition) is 0. The van der Waals surface area contributed by atoms with Gasteiger partial charge in [-0.15, -0.1) is 0 Å². The molecule has 0 saturated heterocycles. The quantitative estimate of drug-likeness (QED) is 0.334.